The Kier molecular flexibility index (Phi) is 6.49. The van der Waals surface area contributed by atoms with Gasteiger partial charge in [-0.05, 0) is 30.7 Å². The molecule has 0 radical (unpaired) electrons. The zero-order chi connectivity index (χ0) is 23.6. The number of nitrogens with zero attached hydrogens (tertiary/aromatic N) is 2. The Morgan fingerprint density at radius 2 is 1.91 bits per heavy atom. The Bertz CT molecular complexity index is 1190. The number of amides is 3. The van der Waals surface area contributed by atoms with E-state index < -0.39 is 39.4 Å². The van der Waals surface area contributed by atoms with Gasteiger partial charge in [0.15, 0.2) is 11.5 Å². The Hall–Kier alpha value is -3.47. The van der Waals surface area contributed by atoms with E-state index in [1.165, 1.54) is 26.3 Å². The smallest absolute Gasteiger partial charge is 0.280 e. The molecule has 170 valence electrons. The van der Waals surface area contributed by atoms with Crippen LogP contribution in [0, 0.1) is 0 Å². The molecule has 0 bridgehead atoms. The number of hydrogen-bond acceptors (Lipinski definition) is 8. The number of sulfone groups is 1. The van der Waals surface area contributed by atoms with E-state index in [0.29, 0.717) is 23.7 Å². The van der Waals surface area contributed by atoms with Gasteiger partial charge in [0.2, 0.25) is 5.91 Å². The SMILES string of the molecule is CCOc1cc(C(CS(C)(=O)=O)N2C(=O)c3nccc(NC(C)=O)c3C2=O)ccc1OC. The molecule has 1 aromatic heterocycles. The second-order valence-corrected chi connectivity index (χ2v) is 9.38. The van der Waals surface area contributed by atoms with Crippen molar-refractivity contribution in [2.45, 2.75) is 19.9 Å². The van der Waals surface area contributed by atoms with Gasteiger partial charge in [0.05, 0.1) is 36.8 Å². The number of aromatic nitrogens is 1. The van der Waals surface area contributed by atoms with Crippen molar-refractivity contribution in [1.82, 2.24) is 9.88 Å². The fraction of sp³-hybridized carbons (Fsp3) is 0.333. The molecule has 10 nitrogen and oxygen atoms in total. The number of nitrogens with one attached hydrogen (secondary N) is 1. The topological polar surface area (TPSA) is 132 Å². The van der Waals surface area contributed by atoms with Crippen LogP contribution in [0.1, 0.15) is 46.3 Å². The fourth-order valence-corrected chi connectivity index (χ4v) is 4.43. The summed E-state index contributed by atoms with van der Waals surface area (Å²) in [6, 6.07) is 4.96. The molecule has 0 fully saturated rings. The largest absolute Gasteiger partial charge is 0.493 e. The summed E-state index contributed by atoms with van der Waals surface area (Å²) in [5, 5.41) is 2.51. The Morgan fingerprint density at radius 3 is 2.50 bits per heavy atom. The van der Waals surface area contributed by atoms with Crippen LogP contribution in [0.3, 0.4) is 0 Å². The van der Waals surface area contributed by atoms with Gasteiger partial charge in [0.1, 0.15) is 15.5 Å². The van der Waals surface area contributed by atoms with Crippen molar-refractivity contribution in [3.05, 3.63) is 47.3 Å². The lowest BCUT2D eigenvalue weighted by atomic mass is 10.1. The number of anilines is 1. The van der Waals surface area contributed by atoms with Crippen molar-refractivity contribution >= 4 is 33.2 Å². The van der Waals surface area contributed by atoms with Crippen molar-refractivity contribution in [3.8, 4) is 11.5 Å². The monoisotopic (exact) mass is 461 g/mol. The van der Waals surface area contributed by atoms with Crippen LogP contribution < -0.4 is 14.8 Å². The number of methoxy groups -OCH3 is 1. The molecule has 0 aliphatic carbocycles. The van der Waals surface area contributed by atoms with Crippen LogP contribution in [-0.2, 0) is 14.6 Å². The summed E-state index contributed by atoms with van der Waals surface area (Å²) >= 11 is 0. The maximum atomic E-state index is 13.3. The number of fused-ring (bicyclic) bond motifs is 1. The molecule has 3 amide bonds. The average molecular weight is 461 g/mol. The number of rotatable bonds is 8. The van der Waals surface area contributed by atoms with E-state index in [4.69, 9.17) is 9.47 Å². The summed E-state index contributed by atoms with van der Waals surface area (Å²) in [6.07, 6.45) is 2.32. The number of imide groups is 1. The van der Waals surface area contributed by atoms with E-state index in [1.807, 2.05) is 0 Å². The van der Waals surface area contributed by atoms with Crippen LogP contribution in [0.15, 0.2) is 30.5 Å². The fourth-order valence-electron chi connectivity index (χ4n) is 3.52. The van der Waals surface area contributed by atoms with Crippen molar-refractivity contribution in [2.75, 3.05) is 31.0 Å². The molecule has 1 N–H and O–H groups in total. The molecule has 1 aliphatic heterocycles. The predicted molar refractivity (Wildman–Crippen MR) is 116 cm³/mol. The maximum absolute atomic E-state index is 13.3. The van der Waals surface area contributed by atoms with E-state index in [9.17, 15) is 22.8 Å². The van der Waals surface area contributed by atoms with Gasteiger partial charge < -0.3 is 14.8 Å². The van der Waals surface area contributed by atoms with Gasteiger partial charge in [-0.15, -0.1) is 0 Å². The van der Waals surface area contributed by atoms with Gasteiger partial charge >= 0.3 is 0 Å². The molecule has 0 spiro atoms. The van der Waals surface area contributed by atoms with E-state index >= 15 is 0 Å². The quantitative estimate of drug-likeness (QED) is 0.589. The minimum Gasteiger partial charge on any atom is -0.493 e. The molecule has 2 heterocycles. The lowest BCUT2D eigenvalue weighted by Gasteiger charge is -2.26. The molecule has 1 atom stereocenters. The molecule has 1 unspecified atom stereocenters. The number of carbonyl (C=O) groups excluding carboxylic acids is 3. The molecular formula is C21H23N3O7S. The van der Waals surface area contributed by atoms with Crippen molar-refractivity contribution < 1.29 is 32.3 Å². The Balaban J connectivity index is 2.13. The Labute approximate surface area is 185 Å². The van der Waals surface area contributed by atoms with Crippen LogP contribution in [0.25, 0.3) is 0 Å². The van der Waals surface area contributed by atoms with Gasteiger partial charge in [-0.1, -0.05) is 6.07 Å². The second kappa shape index (κ2) is 8.95. The molecule has 32 heavy (non-hydrogen) atoms. The van der Waals surface area contributed by atoms with Gasteiger partial charge in [0.25, 0.3) is 11.8 Å². The molecule has 3 rings (SSSR count). The molecule has 0 saturated heterocycles. The lowest BCUT2D eigenvalue weighted by molar-refractivity contribution is -0.114. The molecule has 11 heteroatoms. The number of ether oxygens (including phenoxy) is 2. The average Bonchev–Trinajstić information content (AvgIpc) is 2.96. The minimum absolute atomic E-state index is 0.0789. The van der Waals surface area contributed by atoms with Crippen molar-refractivity contribution in [2.24, 2.45) is 0 Å². The summed E-state index contributed by atoms with van der Waals surface area (Å²) < 4.78 is 35.3. The summed E-state index contributed by atoms with van der Waals surface area (Å²) in [4.78, 5) is 42.9. The first kappa shape index (κ1) is 23.2. The number of benzene rings is 1. The standard InChI is InChI=1S/C21H23N3O7S/c1-5-31-17-10-13(6-7-16(17)30-3)15(11-32(4,28)29)24-20(26)18-14(23-12(2)25)8-9-22-19(18)21(24)27/h6-10,15H,5,11H2,1-4H3,(H,22,23,25). The Morgan fingerprint density at radius 1 is 1.19 bits per heavy atom. The number of pyridine rings is 1. The molecule has 2 aromatic rings. The van der Waals surface area contributed by atoms with Gasteiger partial charge in [-0.3, -0.25) is 24.3 Å². The maximum Gasteiger partial charge on any atom is 0.280 e. The van der Waals surface area contributed by atoms with Crippen LogP contribution in [-0.4, -0.2) is 61.7 Å². The third-order valence-corrected chi connectivity index (χ3v) is 5.68. The third-order valence-electron chi connectivity index (χ3n) is 4.76. The first-order valence-corrected chi connectivity index (χ1v) is 11.8. The predicted octanol–water partition coefficient (Wildman–Crippen LogP) is 1.83. The van der Waals surface area contributed by atoms with E-state index in [1.54, 1.807) is 25.1 Å². The van der Waals surface area contributed by atoms with Gasteiger partial charge in [0, 0.05) is 19.4 Å². The van der Waals surface area contributed by atoms with Gasteiger partial charge in [-0.25, -0.2) is 8.42 Å². The van der Waals surface area contributed by atoms with Gasteiger partial charge in [-0.2, -0.15) is 0 Å². The summed E-state index contributed by atoms with van der Waals surface area (Å²) in [7, 11) is -2.16. The number of carbonyl (C=O) groups is 3. The first-order chi connectivity index (χ1) is 15.1. The second-order valence-electron chi connectivity index (χ2n) is 7.20. The van der Waals surface area contributed by atoms with Crippen molar-refractivity contribution in [3.63, 3.8) is 0 Å². The zero-order valence-corrected chi connectivity index (χ0v) is 18.9. The highest BCUT2D eigenvalue weighted by Crippen LogP contribution is 2.37. The van der Waals surface area contributed by atoms with E-state index in [0.717, 1.165) is 11.2 Å². The molecular weight excluding hydrogens is 438 g/mol. The number of hydrogen-bond donors (Lipinski definition) is 1. The molecule has 0 saturated carbocycles. The minimum atomic E-state index is -3.62. The lowest BCUT2D eigenvalue weighted by Crippen LogP contribution is -2.38. The zero-order valence-electron chi connectivity index (χ0n) is 18.0. The normalized spacial score (nSPS) is 14.2. The summed E-state index contributed by atoms with van der Waals surface area (Å²) in [5.74, 6) is -1.66. The van der Waals surface area contributed by atoms with Crippen LogP contribution in [0.2, 0.25) is 0 Å². The van der Waals surface area contributed by atoms with Crippen LogP contribution in [0.5, 0.6) is 11.5 Å². The highest BCUT2D eigenvalue weighted by molar-refractivity contribution is 7.90. The van der Waals surface area contributed by atoms with Crippen LogP contribution >= 0.6 is 0 Å². The first-order valence-electron chi connectivity index (χ1n) is 9.70. The van der Waals surface area contributed by atoms with E-state index in [2.05, 4.69) is 10.3 Å². The molecule has 1 aromatic carbocycles. The highest BCUT2D eigenvalue weighted by atomic mass is 32.2. The van der Waals surface area contributed by atoms with Crippen molar-refractivity contribution in [1.29, 1.82) is 0 Å². The summed E-state index contributed by atoms with van der Waals surface area (Å²) in [5.41, 5.74) is 0.268. The summed E-state index contributed by atoms with van der Waals surface area (Å²) in [6.45, 7) is 3.37. The highest BCUT2D eigenvalue weighted by Gasteiger charge is 2.44. The van der Waals surface area contributed by atoms with E-state index in [-0.39, 0.29) is 16.9 Å². The molecule has 1 aliphatic rings. The third kappa shape index (κ3) is 4.57. The van der Waals surface area contributed by atoms with Crippen LogP contribution in [0.4, 0.5) is 5.69 Å².